The van der Waals surface area contributed by atoms with E-state index in [1.807, 2.05) is 31.2 Å². The molecule has 1 aromatic carbocycles. The molecule has 5 nitrogen and oxygen atoms in total. The number of benzene rings is 1. The minimum absolute atomic E-state index is 0.489. The summed E-state index contributed by atoms with van der Waals surface area (Å²) in [6.07, 6.45) is 2.60. The molecule has 0 saturated carbocycles. The molecule has 2 aromatic heterocycles. The van der Waals surface area contributed by atoms with E-state index in [0.717, 1.165) is 29.1 Å². The SMILES string of the molecule is Cc1cc(OCCOc2ccc3[nH]c(C)c(CCN)c3c2)ccn1. The zero-order valence-corrected chi connectivity index (χ0v) is 14.1. The van der Waals surface area contributed by atoms with Crippen LogP contribution in [0.5, 0.6) is 11.5 Å². The van der Waals surface area contributed by atoms with E-state index in [0.29, 0.717) is 19.8 Å². The summed E-state index contributed by atoms with van der Waals surface area (Å²) >= 11 is 0. The molecular weight excluding hydrogens is 302 g/mol. The lowest BCUT2D eigenvalue weighted by atomic mass is 10.1. The van der Waals surface area contributed by atoms with Crippen LogP contribution in [0.4, 0.5) is 0 Å². The number of aryl methyl sites for hydroxylation is 2. The predicted octanol–water partition coefficient (Wildman–Crippen LogP) is 3.14. The summed E-state index contributed by atoms with van der Waals surface area (Å²) in [5.41, 5.74) is 10.2. The largest absolute Gasteiger partial charge is 0.490 e. The Kier molecular flexibility index (Phi) is 5.01. The van der Waals surface area contributed by atoms with Crippen LogP contribution >= 0.6 is 0 Å². The number of hydrogen-bond acceptors (Lipinski definition) is 4. The predicted molar refractivity (Wildman–Crippen MR) is 95.8 cm³/mol. The maximum absolute atomic E-state index is 5.82. The van der Waals surface area contributed by atoms with Crippen molar-refractivity contribution in [3.63, 3.8) is 0 Å². The van der Waals surface area contributed by atoms with E-state index < -0.39 is 0 Å². The Hall–Kier alpha value is -2.53. The Morgan fingerprint density at radius 2 is 1.79 bits per heavy atom. The Morgan fingerprint density at radius 1 is 1.04 bits per heavy atom. The standard InChI is InChI=1S/C19H23N3O2/c1-13-11-16(6-8-21-13)24-10-9-23-15-3-4-19-18(12-15)17(5-7-20)14(2)22-19/h3-4,6,8,11-12,22H,5,7,9-10,20H2,1-2H3. The monoisotopic (exact) mass is 325 g/mol. The van der Waals surface area contributed by atoms with Gasteiger partial charge in [0.15, 0.2) is 0 Å². The summed E-state index contributed by atoms with van der Waals surface area (Å²) in [7, 11) is 0. The van der Waals surface area contributed by atoms with Crippen LogP contribution in [0.15, 0.2) is 36.5 Å². The molecule has 2 heterocycles. The van der Waals surface area contributed by atoms with E-state index in [9.17, 15) is 0 Å². The highest BCUT2D eigenvalue weighted by Gasteiger charge is 2.08. The number of ether oxygens (including phenoxy) is 2. The summed E-state index contributed by atoms with van der Waals surface area (Å²) in [6.45, 7) is 5.64. The van der Waals surface area contributed by atoms with E-state index in [4.69, 9.17) is 15.2 Å². The van der Waals surface area contributed by atoms with Gasteiger partial charge in [0, 0.05) is 34.6 Å². The van der Waals surface area contributed by atoms with Gasteiger partial charge in [-0.2, -0.15) is 0 Å². The van der Waals surface area contributed by atoms with Crippen LogP contribution in [0.1, 0.15) is 17.0 Å². The van der Waals surface area contributed by atoms with Crippen molar-refractivity contribution in [1.29, 1.82) is 0 Å². The number of nitrogens with two attached hydrogens (primary N) is 1. The summed E-state index contributed by atoms with van der Waals surface area (Å²) in [4.78, 5) is 7.54. The fraction of sp³-hybridized carbons (Fsp3) is 0.316. The lowest BCUT2D eigenvalue weighted by molar-refractivity contribution is 0.217. The van der Waals surface area contributed by atoms with Gasteiger partial charge in [-0.15, -0.1) is 0 Å². The molecule has 0 bridgehead atoms. The third-order valence-electron chi connectivity index (χ3n) is 3.97. The molecule has 0 aliphatic heterocycles. The minimum Gasteiger partial charge on any atom is -0.490 e. The van der Waals surface area contributed by atoms with Gasteiger partial charge in [0.05, 0.1) is 0 Å². The number of pyridine rings is 1. The number of hydrogen-bond donors (Lipinski definition) is 2. The van der Waals surface area contributed by atoms with E-state index >= 15 is 0 Å². The molecule has 0 aliphatic rings. The van der Waals surface area contributed by atoms with E-state index in [2.05, 4.69) is 23.0 Å². The van der Waals surface area contributed by atoms with Crippen molar-refractivity contribution in [1.82, 2.24) is 9.97 Å². The lowest BCUT2D eigenvalue weighted by Gasteiger charge is -2.09. The molecule has 0 amide bonds. The van der Waals surface area contributed by atoms with E-state index in [1.54, 1.807) is 6.20 Å². The van der Waals surface area contributed by atoms with Gasteiger partial charge in [-0.3, -0.25) is 4.98 Å². The molecular formula is C19H23N3O2. The van der Waals surface area contributed by atoms with Crippen molar-refractivity contribution >= 4 is 10.9 Å². The first-order chi connectivity index (χ1) is 11.7. The number of H-pyrrole nitrogens is 1. The van der Waals surface area contributed by atoms with Gasteiger partial charge in [0.1, 0.15) is 24.7 Å². The highest BCUT2D eigenvalue weighted by Crippen LogP contribution is 2.26. The quantitative estimate of drug-likeness (QED) is 0.655. The molecule has 0 radical (unpaired) electrons. The molecule has 0 aliphatic carbocycles. The topological polar surface area (TPSA) is 73.2 Å². The van der Waals surface area contributed by atoms with Crippen LogP contribution in [0, 0.1) is 13.8 Å². The number of fused-ring (bicyclic) bond motifs is 1. The number of aromatic nitrogens is 2. The first-order valence-corrected chi connectivity index (χ1v) is 8.17. The van der Waals surface area contributed by atoms with Crippen LogP contribution in [0.3, 0.4) is 0 Å². The molecule has 24 heavy (non-hydrogen) atoms. The van der Waals surface area contributed by atoms with Gasteiger partial charge in [0.25, 0.3) is 0 Å². The summed E-state index contributed by atoms with van der Waals surface area (Å²) in [5.74, 6) is 1.65. The van der Waals surface area contributed by atoms with Crippen LogP contribution in [-0.4, -0.2) is 29.7 Å². The molecule has 3 rings (SSSR count). The summed E-state index contributed by atoms with van der Waals surface area (Å²) in [5, 5.41) is 1.18. The van der Waals surface area contributed by atoms with Crippen LogP contribution in [-0.2, 0) is 6.42 Å². The number of nitrogens with zero attached hydrogens (tertiary/aromatic N) is 1. The van der Waals surface area contributed by atoms with Crippen molar-refractivity contribution in [2.75, 3.05) is 19.8 Å². The van der Waals surface area contributed by atoms with E-state index in [-0.39, 0.29) is 0 Å². The molecule has 0 fully saturated rings. The van der Waals surface area contributed by atoms with Crippen molar-refractivity contribution in [2.45, 2.75) is 20.3 Å². The highest BCUT2D eigenvalue weighted by molar-refractivity contribution is 5.86. The van der Waals surface area contributed by atoms with Crippen molar-refractivity contribution in [3.8, 4) is 11.5 Å². The zero-order valence-electron chi connectivity index (χ0n) is 14.1. The molecule has 126 valence electrons. The van der Waals surface area contributed by atoms with Crippen LogP contribution < -0.4 is 15.2 Å². The molecule has 5 heteroatoms. The Bertz CT molecular complexity index is 827. The van der Waals surface area contributed by atoms with Crippen molar-refractivity contribution in [3.05, 3.63) is 53.5 Å². The molecule has 3 N–H and O–H groups in total. The first kappa shape index (κ1) is 16.3. The van der Waals surface area contributed by atoms with Gasteiger partial charge < -0.3 is 20.2 Å². The van der Waals surface area contributed by atoms with Crippen LogP contribution in [0.25, 0.3) is 10.9 Å². The Morgan fingerprint density at radius 3 is 2.50 bits per heavy atom. The molecule has 0 saturated heterocycles. The van der Waals surface area contributed by atoms with Crippen molar-refractivity contribution < 1.29 is 9.47 Å². The third kappa shape index (κ3) is 3.68. The van der Waals surface area contributed by atoms with Gasteiger partial charge >= 0.3 is 0 Å². The maximum Gasteiger partial charge on any atom is 0.122 e. The smallest absolute Gasteiger partial charge is 0.122 e. The average molecular weight is 325 g/mol. The zero-order chi connectivity index (χ0) is 16.9. The van der Waals surface area contributed by atoms with Gasteiger partial charge in [-0.25, -0.2) is 0 Å². The van der Waals surface area contributed by atoms with Gasteiger partial charge in [-0.05, 0) is 56.6 Å². The Balaban J connectivity index is 1.62. The fourth-order valence-corrected chi connectivity index (χ4v) is 2.85. The first-order valence-electron chi connectivity index (χ1n) is 8.17. The van der Waals surface area contributed by atoms with Gasteiger partial charge in [-0.1, -0.05) is 0 Å². The molecule has 3 aromatic rings. The minimum atomic E-state index is 0.489. The highest BCUT2D eigenvalue weighted by atomic mass is 16.5. The molecule has 0 unspecified atom stereocenters. The summed E-state index contributed by atoms with van der Waals surface area (Å²) < 4.78 is 11.5. The molecule has 0 spiro atoms. The third-order valence-corrected chi connectivity index (χ3v) is 3.97. The van der Waals surface area contributed by atoms with E-state index in [1.165, 1.54) is 16.6 Å². The second-order valence-corrected chi connectivity index (χ2v) is 5.80. The average Bonchev–Trinajstić information content (AvgIpc) is 2.88. The van der Waals surface area contributed by atoms with Gasteiger partial charge in [0.2, 0.25) is 0 Å². The lowest BCUT2D eigenvalue weighted by Crippen LogP contribution is -2.09. The maximum atomic E-state index is 5.82. The number of aromatic amines is 1. The number of rotatable bonds is 7. The Labute approximate surface area is 141 Å². The van der Waals surface area contributed by atoms with Crippen LogP contribution in [0.2, 0.25) is 0 Å². The second-order valence-electron chi connectivity index (χ2n) is 5.80. The normalized spacial score (nSPS) is 11.0. The number of nitrogens with one attached hydrogen (secondary N) is 1. The molecule has 0 atom stereocenters. The second kappa shape index (κ2) is 7.36. The summed E-state index contributed by atoms with van der Waals surface area (Å²) in [6, 6.07) is 9.85. The van der Waals surface area contributed by atoms with Crippen molar-refractivity contribution in [2.24, 2.45) is 5.73 Å². The fourth-order valence-electron chi connectivity index (χ4n) is 2.85.